The third kappa shape index (κ3) is 4.32. The van der Waals surface area contributed by atoms with Gasteiger partial charge in [-0.15, -0.1) is 0 Å². The number of rotatable bonds is 8. The van der Waals surface area contributed by atoms with Crippen molar-refractivity contribution in [3.63, 3.8) is 0 Å². The summed E-state index contributed by atoms with van der Waals surface area (Å²) in [5.74, 6) is 1.90. The molecule has 7 nitrogen and oxygen atoms in total. The molecule has 0 aliphatic heterocycles. The number of nitrogens with one attached hydrogen (secondary N) is 1. The fourth-order valence-electron chi connectivity index (χ4n) is 3.56. The van der Waals surface area contributed by atoms with Gasteiger partial charge in [-0.2, -0.15) is 0 Å². The second kappa shape index (κ2) is 9.06. The molecule has 4 rings (SSSR count). The zero-order chi connectivity index (χ0) is 21.8. The SMILES string of the molecule is COCCOc1cc(OC)c(Nc2nccc(-c3cn(C)c4ccccc34)n2)cc1C. The Bertz CT molecular complexity index is 1200. The fraction of sp³-hybridized carbons (Fsp3) is 0.250. The lowest BCUT2D eigenvalue weighted by Crippen LogP contribution is -2.06. The Hall–Kier alpha value is -3.58. The summed E-state index contributed by atoms with van der Waals surface area (Å²) in [6, 6.07) is 14.0. The van der Waals surface area contributed by atoms with Gasteiger partial charge < -0.3 is 24.1 Å². The van der Waals surface area contributed by atoms with Crippen LogP contribution in [0.2, 0.25) is 0 Å². The van der Waals surface area contributed by atoms with Crippen molar-refractivity contribution in [2.24, 2.45) is 7.05 Å². The third-order valence-corrected chi connectivity index (χ3v) is 5.12. The van der Waals surface area contributed by atoms with Crippen molar-refractivity contribution >= 4 is 22.5 Å². The number of anilines is 2. The van der Waals surface area contributed by atoms with E-state index in [0.717, 1.165) is 39.2 Å². The van der Waals surface area contributed by atoms with Crippen LogP contribution in [0.5, 0.6) is 11.5 Å². The molecule has 2 heterocycles. The molecule has 0 radical (unpaired) electrons. The van der Waals surface area contributed by atoms with Crippen molar-refractivity contribution in [2.45, 2.75) is 6.92 Å². The second-order valence-corrected chi connectivity index (χ2v) is 7.22. The van der Waals surface area contributed by atoms with Crippen molar-refractivity contribution in [3.8, 4) is 22.8 Å². The smallest absolute Gasteiger partial charge is 0.227 e. The monoisotopic (exact) mass is 418 g/mol. The van der Waals surface area contributed by atoms with E-state index in [-0.39, 0.29) is 0 Å². The van der Waals surface area contributed by atoms with Gasteiger partial charge in [0.2, 0.25) is 5.95 Å². The van der Waals surface area contributed by atoms with Gasteiger partial charge in [0.05, 0.1) is 25.1 Å². The normalized spacial score (nSPS) is 11.0. The molecule has 2 aromatic carbocycles. The molecule has 0 atom stereocenters. The van der Waals surface area contributed by atoms with E-state index in [1.807, 2.05) is 44.3 Å². The Labute approximate surface area is 181 Å². The lowest BCUT2D eigenvalue weighted by Gasteiger charge is -2.15. The summed E-state index contributed by atoms with van der Waals surface area (Å²) in [5, 5.41) is 4.44. The molecule has 7 heteroatoms. The topological polar surface area (TPSA) is 70.4 Å². The second-order valence-electron chi connectivity index (χ2n) is 7.22. The third-order valence-electron chi connectivity index (χ3n) is 5.12. The van der Waals surface area contributed by atoms with Gasteiger partial charge in [0.1, 0.15) is 18.1 Å². The van der Waals surface area contributed by atoms with Gasteiger partial charge in [0.15, 0.2) is 0 Å². The number of methoxy groups -OCH3 is 2. The molecule has 0 saturated carbocycles. The summed E-state index contributed by atoms with van der Waals surface area (Å²) in [4.78, 5) is 9.15. The molecule has 0 amide bonds. The number of aryl methyl sites for hydroxylation is 2. The highest BCUT2D eigenvalue weighted by atomic mass is 16.5. The molecule has 0 spiro atoms. The maximum atomic E-state index is 5.78. The molecule has 0 aliphatic rings. The molecule has 0 fully saturated rings. The van der Waals surface area contributed by atoms with E-state index in [1.54, 1.807) is 20.4 Å². The molecule has 1 N–H and O–H groups in total. The van der Waals surface area contributed by atoms with Crippen molar-refractivity contribution in [3.05, 3.63) is 60.4 Å². The Morgan fingerprint density at radius 1 is 1.03 bits per heavy atom. The number of hydrogen-bond donors (Lipinski definition) is 1. The molecule has 0 saturated heterocycles. The minimum absolute atomic E-state index is 0.476. The van der Waals surface area contributed by atoms with Gasteiger partial charge >= 0.3 is 0 Å². The highest BCUT2D eigenvalue weighted by molar-refractivity contribution is 5.95. The highest BCUT2D eigenvalue weighted by Gasteiger charge is 2.13. The van der Waals surface area contributed by atoms with Crippen LogP contribution < -0.4 is 14.8 Å². The molecule has 0 bridgehead atoms. The van der Waals surface area contributed by atoms with Gasteiger partial charge in [-0.05, 0) is 30.7 Å². The molecule has 160 valence electrons. The minimum atomic E-state index is 0.476. The van der Waals surface area contributed by atoms with Crippen LogP contribution in [0.1, 0.15) is 5.56 Å². The summed E-state index contributed by atoms with van der Waals surface area (Å²) >= 11 is 0. The zero-order valence-electron chi connectivity index (χ0n) is 18.2. The fourth-order valence-corrected chi connectivity index (χ4v) is 3.56. The van der Waals surface area contributed by atoms with Crippen LogP contribution in [0.4, 0.5) is 11.6 Å². The number of fused-ring (bicyclic) bond motifs is 1. The predicted octanol–water partition coefficient (Wildman–Crippen LogP) is 4.72. The van der Waals surface area contributed by atoms with Gasteiger partial charge in [-0.25, -0.2) is 9.97 Å². The lowest BCUT2D eigenvalue weighted by atomic mass is 10.1. The lowest BCUT2D eigenvalue weighted by molar-refractivity contribution is 0.146. The van der Waals surface area contributed by atoms with Crippen LogP contribution >= 0.6 is 0 Å². The Balaban J connectivity index is 1.64. The Morgan fingerprint density at radius 2 is 1.87 bits per heavy atom. The van der Waals surface area contributed by atoms with E-state index < -0.39 is 0 Å². The quantitative estimate of drug-likeness (QED) is 0.418. The Morgan fingerprint density at radius 3 is 2.68 bits per heavy atom. The zero-order valence-corrected chi connectivity index (χ0v) is 18.2. The summed E-state index contributed by atoms with van der Waals surface area (Å²) in [6.45, 7) is 2.99. The molecular weight excluding hydrogens is 392 g/mol. The number of aromatic nitrogens is 3. The van der Waals surface area contributed by atoms with E-state index in [9.17, 15) is 0 Å². The van der Waals surface area contributed by atoms with E-state index >= 15 is 0 Å². The number of ether oxygens (including phenoxy) is 3. The Kier molecular flexibility index (Phi) is 6.04. The summed E-state index contributed by atoms with van der Waals surface area (Å²) in [6.07, 6.45) is 3.85. The van der Waals surface area contributed by atoms with Gasteiger partial charge in [0, 0.05) is 49.1 Å². The average molecular weight is 418 g/mol. The molecular formula is C24H26N4O3. The van der Waals surface area contributed by atoms with E-state index in [0.29, 0.717) is 24.9 Å². The van der Waals surface area contributed by atoms with Crippen molar-refractivity contribution in [1.29, 1.82) is 0 Å². The maximum absolute atomic E-state index is 5.78. The predicted molar refractivity (Wildman–Crippen MR) is 122 cm³/mol. The minimum Gasteiger partial charge on any atom is -0.494 e. The van der Waals surface area contributed by atoms with Crippen LogP contribution in [0.15, 0.2) is 54.9 Å². The van der Waals surface area contributed by atoms with Crippen LogP contribution in [0.3, 0.4) is 0 Å². The van der Waals surface area contributed by atoms with Crippen molar-refractivity contribution in [1.82, 2.24) is 14.5 Å². The molecule has 31 heavy (non-hydrogen) atoms. The number of hydrogen-bond acceptors (Lipinski definition) is 6. The summed E-state index contributed by atoms with van der Waals surface area (Å²) in [5.41, 5.74) is 4.82. The molecule has 0 unspecified atom stereocenters. The van der Waals surface area contributed by atoms with Gasteiger partial charge in [-0.1, -0.05) is 18.2 Å². The number of nitrogens with zero attached hydrogens (tertiary/aromatic N) is 3. The first-order chi connectivity index (χ1) is 15.1. The first kappa shape index (κ1) is 20.7. The van der Waals surface area contributed by atoms with E-state index in [4.69, 9.17) is 19.2 Å². The first-order valence-corrected chi connectivity index (χ1v) is 10.1. The molecule has 0 aliphatic carbocycles. The number of benzene rings is 2. The van der Waals surface area contributed by atoms with Crippen LogP contribution in [-0.2, 0) is 11.8 Å². The van der Waals surface area contributed by atoms with Crippen LogP contribution in [0, 0.1) is 6.92 Å². The summed E-state index contributed by atoms with van der Waals surface area (Å²) in [7, 11) is 5.31. The number of para-hydroxylation sites is 1. The molecule has 2 aromatic heterocycles. The van der Waals surface area contributed by atoms with Gasteiger partial charge in [-0.3, -0.25) is 0 Å². The standard InChI is InChI=1S/C24H26N4O3/c1-16-13-20(23(30-4)14-22(16)31-12-11-29-3)27-24-25-10-9-19(26-24)18-15-28(2)21-8-6-5-7-17(18)21/h5-10,13-15H,11-12H2,1-4H3,(H,25,26,27). The molecule has 4 aromatic rings. The van der Waals surface area contributed by atoms with Crippen LogP contribution in [-0.4, -0.2) is 42.0 Å². The van der Waals surface area contributed by atoms with Crippen LogP contribution in [0.25, 0.3) is 22.2 Å². The maximum Gasteiger partial charge on any atom is 0.227 e. The van der Waals surface area contributed by atoms with E-state index in [2.05, 4.69) is 33.2 Å². The highest BCUT2D eigenvalue weighted by Crippen LogP contribution is 2.35. The van der Waals surface area contributed by atoms with Crippen molar-refractivity contribution in [2.75, 3.05) is 32.8 Å². The van der Waals surface area contributed by atoms with E-state index in [1.165, 1.54) is 0 Å². The average Bonchev–Trinajstić information content (AvgIpc) is 3.12. The first-order valence-electron chi connectivity index (χ1n) is 10.1. The summed E-state index contributed by atoms with van der Waals surface area (Å²) < 4.78 is 18.5. The largest absolute Gasteiger partial charge is 0.494 e. The van der Waals surface area contributed by atoms with Gasteiger partial charge in [0.25, 0.3) is 0 Å². The van der Waals surface area contributed by atoms with Crippen molar-refractivity contribution < 1.29 is 14.2 Å².